The Bertz CT molecular complexity index is 2440. The Labute approximate surface area is 417 Å². The van der Waals surface area contributed by atoms with Crippen molar-refractivity contribution in [1.82, 2.24) is 0 Å². The molecule has 7 heteroatoms. The average molecular weight is 1080 g/mol. The second-order valence-corrected chi connectivity index (χ2v) is 25.3. The Morgan fingerprint density at radius 1 is 0.492 bits per heavy atom. The van der Waals surface area contributed by atoms with Crippen molar-refractivity contribution in [2.45, 2.75) is 90.9 Å². The molecule has 0 nitrogen and oxygen atoms in total. The van der Waals surface area contributed by atoms with Crippen molar-refractivity contribution in [2.24, 2.45) is 10.8 Å². The normalized spacial score (nSPS) is 14.2. The number of halogens is 4. The molecular weight excluding hydrogens is 1020 g/mol. The molecule has 2 aliphatic carbocycles. The molecule has 0 amide bonds. The van der Waals surface area contributed by atoms with E-state index in [1.54, 1.807) is 0 Å². The van der Waals surface area contributed by atoms with E-state index in [1.165, 1.54) is 154 Å². The molecule has 2 saturated carbocycles. The van der Waals surface area contributed by atoms with Crippen molar-refractivity contribution in [3.63, 3.8) is 0 Å². The van der Waals surface area contributed by atoms with Gasteiger partial charge in [-0.15, -0.1) is 69.1 Å². The standard InChI is InChI=1S/2C27H27.C2H4Si.4ClH.2Zr/c2*1-2-14-27(15-7-16-27)19-20-17-22-10-6-13-25(26(22)18-20)24-12-5-9-21-8-3-4-11-23(21)24;1-3-2;;;;;;/h2*3-6,8-13,17-18H,2,7,14-16,19H2,1H3;1-2H2;4*1H;;/q2*-1;-2;;;;;2*+4/p-4. The number of hydrogen-bond acceptors (Lipinski definition) is 0. The van der Waals surface area contributed by atoms with Gasteiger partial charge in [0.15, 0.2) is 0 Å². The summed E-state index contributed by atoms with van der Waals surface area (Å²) in [4.78, 5) is 0. The van der Waals surface area contributed by atoms with E-state index in [-0.39, 0.29) is 0 Å². The molecule has 0 heterocycles. The Morgan fingerprint density at radius 3 is 1.14 bits per heavy atom. The second-order valence-electron chi connectivity index (χ2n) is 17.4. The first kappa shape index (κ1) is 50.6. The molecule has 0 saturated heterocycles. The van der Waals surface area contributed by atoms with Crippen molar-refractivity contribution in [2.75, 3.05) is 0 Å². The molecule has 8 aromatic rings. The van der Waals surface area contributed by atoms with E-state index in [0.29, 0.717) is 20.3 Å². The van der Waals surface area contributed by atoms with Crippen molar-refractivity contribution in [3.8, 4) is 22.3 Å². The molecule has 322 valence electrons. The Hall–Kier alpha value is -1.80. The predicted molar refractivity (Wildman–Crippen MR) is 275 cm³/mol. The molecule has 63 heavy (non-hydrogen) atoms. The second kappa shape index (κ2) is 25.4. The molecule has 0 unspecified atom stereocenters. The Morgan fingerprint density at radius 2 is 0.810 bits per heavy atom. The first-order chi connectivity index (χ1) is 30.8. The molecule has 0 spiro atoms. The van der Waals surface area contributed by atoms with Gasteiger partial charge in [-0.25, -0.2) is 0 Å². The third-order valence-corrected chi connectivity index (χ3v) is 13.3. The molecule has 0 N–H and O–H groups in total. The molecule has 0 bridgehead atoms. The van der Waals surface area contributed by atoms with E-state index in [2.05, 4.69) is 173 Å². The van der Waals surface area contributed by atoms with Crippen molar-refractivity contribution < 1.29 is 41.7 Å². The minimum atomic E-state index is -0.826. The van der Waals surface area contributed by atoms with E-state index in [9.17, 15) is 0 Å². The van der Waals surface area contributed by atoms with Crippen molar-refractivity contribution in [1.29, 1.82) is 0 Å². The van der Waals surface area contributed by atoms with Gasteiger partial charge in [0, 0.05) is 0 Å². The predicted octanol–water partition coefficient (Wildman–Crippen LogP) is 18.8. The fourth-order valence-corrected chi connectivity index (χ4v) is 10.5. The van der Waals surface area contributed by atoms with Crippen LogP contribution in [0, 0.1) is 23.9 Å². The SMILES string of the molecule is CCCC1(Cc2cc3c(-c4cccc5ccccc45)cccc3[cH-]2)CCC1.CCCC1(Cc2cc3c(-c4cccc5ccccc45)cccc3[cH-]2)CCC1.[CH2-][Si][CH2-].[Cl][Zr+2][Cl].[Cl][Zr+2][Cl]. The first-order valence-corrected chi connectivity index (χ1v) is 36.4. The molecule has 0 aromatic heterocycles. The van der Waals surface area contributed by atoms with Gasteiger partial charge >= 0.3 is 75.7 Å². The van der Waals surface area contributed by atoms with Crippen LogP contribution >= 0.6 is 34.1 Å². The van der Waals surface area contributed by atoms with Crippen LogP contribution in [0.5, 0.6) is 0 Å². The average Bonchev–Trinajstić information content (AvgIpc) is 3.89. The van der Waals surface area contributed by atoms with Crippen LogP contribution in [0.4, 0.5) is 0 Å². The van der Waals surface area contributed by atoms with E-state index in [1.807, 2.05) is 0 Å². The number of fused-ring (bicyclic) bond motifs is 4. The van der Waals surface area contributed by atoms with E-state index in [4.69, 9.17) is 34.1 Å². The van der Waals surface area contributed by atoms with Crippen LogP contribution in [0.15, 0.2) is 146 Å². The monoisotopic (exact) mass is 1080 g/mol. The van der Waals surface area contributed by atoms with Crippen LogP contribution in [0.25, 0.3) is 65.3 Å². The fraction of sp³-hybridized carbons (Fsp3) is 0.286. The Kier molecular flexibility index (Phi) is 20.4. The summed E-state index contributed by atoms with van der Waals surface area (Å²) < 4.78 is 0. The zero-order valence-corrected chi connectivity index (χ0v) is 45.7. The van der Waals surface area contributed by atoms with Gasteiger partial charge in [-0.1, -0.05) is 148 Å². The summed E-state index contributed by atoms with van der Waals surface area (Å²) in [5.41, 5.74) is 9.67. The van der Waals surface area contributed by atoms with Crippen LogP contribution in [0.2, 0.25) is 0 Å². The summed E-state index contributed by atoms with van der Waals surface area (Å²) in [5.74, 6) is 0. The van der Waals surface area contributed by atoms with E-state index in [0.717, 1.165) is 0 Å². The summed E-state index contributed by atoms with van der Waals surface area (Å²) in [6.07, 6.45) is 16.4. The Balaban J connectivity index is 0.000000177. The summed E-state index contributed by atoms with van der Waals surface area (Å²) >= 11 is -1.65. The van der Waals surface area contributed by atoms with Crippen LogP contribution < -0.4 is 0 Å². The number of benzene rings is 6. The zero-order chi connectivity index (χ0) is 44.7. The molecule has 10 rings (SSSR count). The van der Waals surface area contributed by atoms with Crippen molar-refractivity contribution >= 4 is 86.7 Å². The first-order valence-electron chi connectivity index (χ1n) is 22.4. The van der Waals surface area contributed by atoms with Crippen LogP contribution in [0.3, 0.4) is 0 Å². The van der Waals surface area contributed by atoms with Gasteiger partial charge in [0.25, 0.3) is 0 Å². The van der Waals surface area contributed by atoms with E-state index >= 15 is 0 Å². The van der Waals surface area contributed by atoms with E-state index < -0.39 is 41.7 Å². The minimum absolute atomic E-state index is 0.582. The summed E-state index contributed by atoms with van der Waals surface area (Å²) in [5, 5.41) is 10.9. The number of hydrogen-bond donors (Lipinski definition) is 0. The molecule has 2 aliphatic rings. The van der Waals surface area contributed by atoms with Gasteiger partial charge in [0.1, 0.15) is 0 Å². The molecule has 0 aliphatic heterocycles. The summed E-state index contributed by atoms with van der Waals surface area (Å²) in [7, 11) is 20.3. The van der Waals surface area contributed by atoms with Gasteiger partial charge in [-0.3, -0.25) is 0 Å². The fourth-order valence-electron chi connectivity index (χ4n) is 10.5. The molecular formula is C56H58Cl4SiZr2. The maximum absolute atomic E-state index is 4.93. The summed E-state index contributed by atoms with van der Waals surface area (Å²) in [6, 6.07) is 54.2. The van der Waals surface area contributed by atoms with Crippen LogP contribution in [0.1, 0.15) is 89.2 Å². The third kappa shape index (κ3) is 12.8. The quantitative estimate of drug-likeness (QED) is 0.0946. The topological polar surface area (TPSA) is 0 Å². The number of rotatable bonds is 10. The molecule has 2 fully saturated rings. The molecule has 2 radical (unpaired) electrons. The third-order valence-electron chi connectivity index (χ3n) is 13.3. The van der Waals surface area contributed by atoms with Crippen molar-refractivity contribution in [3.05, 3.63) is 170 Å². The van der Waals surface area contributed by atoms with Crippen LogP contribution in [-0.4, -0.2) is 9.52 Å². The van der Waals surface area contributed by atoms with Gasteiger partial charge in [0.2, 0.25) is 0 Å². The zero-order valence-electron chi connectivity index (χ0n) is 36.8. The summed E-state index contributed by atoms with van der Waals surface area (Å²) in [6.45, 7) is 11.5. The van der Waals surface area contributed by atoms with Gasteiger partial charge in [-0.2, -0.15) is 12.1 Å². The molecule has 0 atom stereocenters. The van der Waals surface area contributed by atoms with Gasteiger partial charge in [0.05, 0.1) is 0 Å². The van der Waals surface area contributed by atoms with Gasteiger partial charge < -0.3 is 22.6 Å². The maximum atomic E-state index is 4.93. The molecule has 8 aromatic carbocycles. The van der Waals surface area contributed by atoms with Gasteiger partial charge in [-0.05, 0) is 94.9 Å². The van der Waals surface area contributed by atoms with Crippen LogP contribution in [-0.2, 0) is 54.5 Å².